The minimum Gasteiger partial charge on any atom is -0.394 e. The summed E-state index contributed by atoms with van der Waals surface area (Å²) in [5.74, 6) is -0.000338. The lowest BCUT2D eigenvalue weighted by atomic mass is 9.88. The van der Waals surface area contributed by atoms with E-state index in [1.54, 1.807) is 0 Å². The first-order valence-electron chi connectivity index (χ1n) is 42.5. The second-order valence-corrected chi connectivity index (χ2v) is 33.0. The fourth-order valence-corrected chi connectivity index (χ4v) is 15.6. The third-order valence-electron chi connectivity index (χ3n) is 23.3. The van der Waals surface area contributed by atoms with Crippen molar-refractivity contribution in [2.45, 2.75) is 379 Å². The summed E-state index contributed by atoms with van der Waals surface area (Å²) in [6, 6.07) is 0. The zero-order chi connectivity index (χ0) is 84.4. The Hall–Kier alpha value is -1.44. The van der Waals surface area contributed by atoms with Crippen LogP contribution in [-0.2, 0) is 71.1 Å². The molecular formula is C79H148O36. The molecule has 6 rings (SSSR count). The number of aliphatic hydroxyl groups is 21. The number of hydrogen-bond donors (Lipinski definition) is 21. The summed E-state index contributed by atoms with van der Waals surface area (Å²) in [6.45, 7) is 2.33. The summed E-state index contributed by atoms with van der Waals surface area (Å²) < 4.78 is 92.6. The monoisotopic (exact) mass is 1670 g/mol. The van der Waals surface area contributed by atoms with Gasteiger partial charge in [0.05, 0.1) is 104 Å². The fraction of sp³-hybridized carbons (Fsp3) is 1.00. The summed E-state index contributed by atoms with van der Waals surface area (Å²) in [5, 5.41) is 232. The molecule has 0 aliphatic carbocycles. The van der Waals surface area contributed by atoms with Gasteiger partial charge in [-0.3, -0.25) is 0 Å². The number of rotatable bonds is 57. The van der Waals surface area contributed by atoms with E-state index >= 15 is 0 Å². The van der Waals surface area contributed by atoms with Gasteiger partial charge in [0.1, 0.15) is 134 Å². The summed E-state index contributed by atoms with van der Waals surface area (Å²) in [5.41, 5.74) is -4.55. The van der Waals surface area contributed by atoms with E-state index in [0.717, 1.165) is 161 Å². The molecule has 115 heavy (non-hydrogen) atoms. The quantitative estimate of drug-likeness (QED) is 0.0293. The summed E-state index contributed by atoms with van der Waals surface area (Å²) in [7, 11) is 0. The van der Waals surface area contributed by atoms with Crippen molar-refractivity contribution >= 4 is 0 Å². The van der Waals surface area contributed by atoms with Crippen molar-refractivity contribution in [3.63, 3.8) is 0 Å². The molecule has 0 bridgehead atoms. The van der Waals surface area contributed by atoms with Gasteiger partial charge in [-0.05, 0) is 44.4 Å². The van der Waals surface area contributed by atoms with Crippen LogP contribution in [0.3, 0.4) is 0 Å². The lowest BCUT2D eigenvalue weighted by Crippen LogP contribution is -2.65. The van der Waals surface area contributed by atoms with Crippen molar-refractivity contribution in [2.75, 3.05) is 99.1 Å². The van der Waals surface area contributed by atoms with Crippen LogP contribution in [0.15, 0.2) is 0 Å². The minimum absolute atomic E-state index is 0.143. The van der Waals surface area contributed by atoms with E-state index in [4.69, 9.17) is 71.1 Å². The maximum absolute atomic E-state index is 12.5. The lowest BCUT2D eigenvalue weighted by Gasteiger charge is -2.47. The van der Waals surface area contributed by atoms with Gasteiger partial charge >= 0.3 is 0 Å². The molecule has 6 heterocycles. The average molecular weight is 1670 g/mol. The molecule has 36 heteroatoms. The Balaban J connectivity index is 1.42. The van der Waals surface area contributed by atoms with Gasteiger partial charge in [-0.2, -0.15) is 0 Å². The van der Waals surface area contributed by atoms with Gasteiger partial charge in [-0.1, -0.05) is 156 Å². The van der Waals surface area contributed by atoms with Gasteiger partial charge in [0, 0.05) is 25.6 Å². The Bertz CT molecular complexity index is 2340. The molecule has 31 atom stereocenters. The van der Waals surface area contributed by atoms with Crippen molar-refractivity contribution < 1.29 is 178 Å². The minimum atomic E-state index is -2.54. The van der Waals surface area contributed by atoms with Crippen molar-refractivity contribution in [1.29, 1.82) is 0 Å². The van der Waals surface area contributed by atoms with Crippen LogP contribution in [-0.4, -0.2) is 390 Å². The second kappa shape index (κ2) is 53.7. The van der Waals surface area contributed by atoms with Crippen LogP contribution < -0.4 is 0 Å². The highest BCUT2D eigenvalue weighted by molar-refractivity contribution is 5.01. The highest BCUT2D eigenvalue weighted by atomic mass is 16.8. The van der Waals surface area contributed by atoms with Crippen LogP contribution in [0.4, 0.5) is 0 Å². The molecule has 0 aromatic rings. The molecule has 0 aromatic carbocycles. The number of hydrogen-bond acceptors (Lipinski definition) is 36. The van der Waals surface area contributed by atoms with Crippen molar-refractivity contribution in [2.24, 2.45) is 23.2 Å². The largest absolute Gasteiger partial charge is 0.394 e. The van der Waals surface area contributed by atoms with E-state index in [0.29, 0.717) is 13.2 Å². The highest BCUT2D eigenvalue weighted by Gasteiger charge is 2.57. The standard InChI is InChI=1S/C79H148O36/c1-6-10-14-18-22-26-46(27-23-19-15-11-7-2)37-101-39-48(40-102-38-47(28-24-20-16-12-8-3)29-25-21-17-13-9-4)41-103-42-79(43-104-72-67(97)62(92)69(53(35-84)111-72)114-75-65(95)60(90)57(87)51(33-82)109-75,44-105-73-68(98)63(93)70(54(36-85)112-73)115-76-66(96)61(91)58(88)52(34-83)110-76)45-106-77-71(99)78(5,100)55(30-49(31-80)107-77)113-74-64(94)59(89)56(86)50(32-81)108-74/h46-77,80-100H,6-45H2,1-5H3/t49?,50?,51?,52?,53?,54?,55-,56-,57-,58-,59?,60+,61+,62-,63-,64+,65?,66?,67?,68?,69-,70+,71?,72-,73-,74-,75-,76-,77-,78+,79?/m1/s1. The predicted octanol–water partition coefficient (Wildman–Crippen LogP) is -1.98. The van der Waals surface area contributed by atoms with E-state index in [1.807, 2.05) is 0 Å². The van der Waals surface area contributed by atoms with Gasteiger partial charge in [0.15, 0.2) is 37.7 Å². The molecule has 0 amide bonds. The summed E-state index contributed by atoms with van der Waals surface area (Å²) in [4.78, 5) is 0. The first-order chi connectivity index (χ1) is 55.2. The van der Waals surface area contributed by atoms with Crippen LogP contribution in [0.25, 0.3) is 0 Å². The summed E-state index contributed by atoms with van der Waals surface area (Å²) in [6.07, 6.45) is -28.8. The van der Waals surface area contributed by atoms with Crippen molar-refractivity contribution in [1.82, 2.24) is 0 Å². The van der Waals surface area contributed by atoms with Crippen LogP contribution in [0.2, 0.25) is 0 Å². The maximum Gasteiger partial charge on any atom is 0.187 e. The SMILES string of the molecule is CCCCCCCC(CCCCCCC)COCC(COCC(CCCCCCC)CCCCCCC)COCC(CO[C@@H]1OC(CO)[C@@H](O[C@H]2OC(CO)[C@@H](O)[C@H](O)C2O)[C@H](O)C1O)(CO[C@@H]1OC(CO)[C@H](O[C@H]2OC(CO)[C@@H](O)[C@H](O)C2O)[C@H](O)C1O)CO[C@@H]1OC(CO)C[C@@H](O[C@H]2OC(CO)[C@@H](O)C(O)[C@@H]2O)[C@](C)(O)C1O. The normalized spacial score (nSPS) is 37.6. The van der Waals surface area contributed by atoms with Crippen LogP contribution in [0.1, 0.15) is 195 Å². The van der Waals surface area contributed by atoms with Gasteiger partial charge in [0.2, 0.25) is 0 Å². The van der Waals surface area contributed by atoms with Gasteiger partial charge < -0.3 is 178 Å². The molecule has 0 aromatic heterocycles. The van der Waals surface area contributed by atoms with E-state index in [-0.39, 0.29) is 31.7 Å². The highest BCUT2D eigenvalue weighted by Crippen LogP contribution is 2.39. The van der Waals surface area contributed by atoms with Crippen molar-refractivity contribution in [3.8, 4) is 0 Å². The molecule has 0 radical (unpaired) electrons. The van der Waals surface area contributed by atoms with Crippen molar-refractivity contribution in [3.05, 3.63) is 0 Å². The van der Waals surface area contributed by atoms with E-state index in [9.17, 15) is 107 Å². The number of unbranched alkanes of at least 4 members (excludes halogenated alkanes) is 16. The Morgan fingerprint density at radius 2 is 0.617 bits per heavy atom. The molecule has 6 fully saturated rings. The molecule has 13 unspecified atom stereocenters. The third kappa shape index (κ3) is 30.7. The van der Waals surface area contributed by atoms with Crippen LogP contribution in [0.5, 0.6) is 0 Å². The molecule has 6 aliphatic heterocycles. The van der Waals surface area contributed by atoms with Crippen LogP contribution >= 0.6 is 0 Å². The Labute approximate surface area is 677 Å². The topological polar surface area (TPSA) is 563 Å². The maximum atomic E-state index is 12.5. The van der Waals surface area contributed by atoms with E-state index in [2.05, 4.69) is 27.7 Å². The molecule has 36 nitrogen and oxygen atoms in total. The molecular weight excluding hydrogens is 1520 g/mol. The Morgan fingerprint density at radius 3 is 0.957 bits per heavy atom. The van der Waals surface area contributed by atoms with E-state index < -0.39 is 268 Å². The number of ether oxygens (including phenoxy) is 15. The molecule has 6 aliphatic rings. The molecule has 0 saturated carbocycles. The Morgan fingerprint density at radius 1 is 0.313 bits per heavy atom. The van der Waals surface area contributed by atoms with Gasteiger partial charge in [-0.15, -0.1) is 0 Å². The smallest absolute Gasteiger partial charge is 0.187 e. The fourth-order valence-electron chi connectivity index (χ4n) is 15.6. The third-order valence-corrected chi connectivity index (χ3v) is 23.3. The summed E-state index contributed by atoms with van der Waals surface area (Å²) >= 11 is 0. The van der Waals surface area contributed by atoms with E-state index in [1.165, 1.54) is 0 Å². The van der Waals surface area contributed by atoms with Crippen LogP contribution in [0, 0.1) is 23.2 Å². The first kappa shape index (κ1) is 102. The lowest BCUT2D eigenvalue weighted by molar-refractivity contribution is -0.367. The average Bonchev–Trinajstić information content (AvgIpc) is 1.77. The van der Waals surface area contributed by atoms with Gasteiger partial charge in [0.25, 0.3) is 0 Å². The Kier molecular flexibility index (Phi) is 47.8. The van der Waals surface area contributed by atoms with Gasteiger partial charge in [-0.25, -0.2) is 0 Å². The zero-order valence-corrected chi connectivity index (χ0v) is 68.3. The second-order valence-electron chi connectivity index (χ2n) is 33.0. The molecule has 21 N–H and O–H groups in total. The molecule has 680 valence electrons. The molecule has 6 saturated heterocycles. The zero-order valence-electron chi connectivity index (χ0n) is 68.3. The first-order valence-corrected chi connectivity index (χ1v) is 42.5. The number of aliphatic hydroxyl groups excluding tert-OH is 20. The predicted molar refractivity (Wildman–Crippen MR) is 405 cm³/mol. The molecule has 0 spiro atoms.